The van der Waals surface area contributed by atoms with E-state index in [-0.39, 0.29) is 40.5 Å². The van der Waals surface area contributed by atoms with Gasteiger partial charge >= 0.3 is 5.97 Å². The first-order chi connectivity index (χ1) is 13.8. The number of sulfonamides is 1. The van der Waals surface area contributed by atoms with Crippen LogP contribution in [0.5, 0.6) is 0 Å². The lowest BCUT2D eigenvalue weighted by atomic mass is 9.98. The Bertz CT molecular complexity index is 804. The fourth-order valence-corrected chi connectivity index (χ4v) is 5.66. The summed E-state index contributed by atoms with van der Waals surface area (Å²) in [6, 6.07) is 4.52. The molecule has 29 heavy (non-hydrogen) atoms. The number of hydrogen-bond acceptors (Lipinski definition) is 5. The number of unbranched alkanes of at least 4 members (excludes halogenated alkanes) is 2. The zero-order chi connectivity index (χ0) is 21.4. The van der Waals surface area contributed by atoms with Gasteiger partial charge in [-0.15, -0.1) is 0 Å². The van der Waals surface area contributed by atoms with Crippen molar-refractivity contribution >= 4 is 45.1 Å². The number of halogens is 2. The molecular formula is C19H26Cl2N2O5S. The largest absolute Gasteiger partial charge is 0.455 e. The molecule has 0 aliphatic carbocycles. The number of ether oxygens (including phenoxy) is 1. The van der Waals surface area contributed by atoms with Crippen LogP contribution in [0.15, 0.2) is 23.1 Å². The summed E-state index contributed by atoms with van der Waals surface area (Å²) in [5.41, 5.74) is 0. The van der Waals surface area contributed by atoms with Gasteiger partial charge in [-0.1, -0.05) is 49.0 Å². The normalized spacial score (nSPS) is 15.8. The average molecular weight is 465 g/mol. The van der Waals surface area contributed by atoms with Gasteiger partial charge in [0.15, 0.2) is 6.61 Å². The number of rotatable bonds is 9. The van der Waals surface area contributed by atoms with E-state index in [1.165, 1.54) is 16.4 Å². The summed E-state index contributed by atoms with van der Waals surface area (Å²) in [6.45, 7) is 2.60. The highest BCUT2D eigenvalue weighted by Gasteiger charge is 2.35. The Kier molecular flexibility index (Phi) is 9.20. The minimum Gasteiger partial charge on any atom is -0.455 e. The van der Waals surface area contributed by atoms with Gasteiger partial charge in [0.25, 0.3) is 5.91 Å². The molecule has 1 aromatic rings. The molecule has 0 bridgehead atoms. The van der Waals surface area contributed by atoms with Crippen molar-refractivity contribution in [3.63, 3.8) is 0 Å². The minimum absolute atomic E-state index is 0.0592. The Morgan fingerprint density at radius 1 is 1.17 bits per heavy atom. The van der Waals surface area contributed by atoms with Crippen LogP contribution in [0, 0.1) is 5.92 Å². The number of carbonyl (C=O) groups excluding carboxylic acids is 2. The van der Waals surface area contributed by atoms with Crippen LogP contribution in [0.4, 0.5) is 0 Å². The molecule has 1 N–H and O–H groups in total. The van der Waals surface area contributed by atoms with Gasteiger partial charge in [0.2, 0.25) is 10.0 Å². The number of carbonyl (C=O) groups is 2. The lowest BCUT2D eigenvalue weighted by Gasteiger charge is -2.30. The molecule has 1 heterocycles. The number of piperidine rings is 1. The Labute approximate surface area is 181 Å². The lowest BCUT2D eigenvalue weighted by Crippen LogP contribution is -2.41. The SMILES string of the molecule is CCCCCNC(=O)COC(=O)C1CCN(S(=O)(=O)c2c(Cl)cccc2Cl)CC1. The molecule has 0 atom stereocenters. The molecule has 1 aliphatic rings. The van der Waals surface area contributed by atoms with Gasteiger partial charge in [-0.25, -0.2) is 8.42 Å². The van der Waals surface area contributed by atoms with Gasteiger partial charge < -0.3 is 10.1 Å². The molecule has 1 fully saturated rings. The van der Waals surface area contributed by atoms with E-state index in [0.717, 1.165) is 19.3 Å². The van der Waals surface area contributed by atoms with Crippen LogP contribution >= 0.6 is 23.2 Å². The summed E-state index contributed by atoms with van der Waals surface area (Å²) in [7, 11) is -3.86. The van der Waals surface area contributed by atoms with E-state index in [1.54, 1.807) is 6.07 Å². The van der Waals surface area contributed by atoms with Gasteiger partial charge in [0, 0.05) is 19.6 Å². The van der Waals surface area contributed by atoms with E-state index < -0.39 is 21.9 Å². The van der Waals surface area contributed by atoms with E-state index in [2.05, 4.69) is 12.2 Å². The average Bonchev–Trinajstić information content (AvgIpc) is 2.69. The first kappa shape index (κ1) is 23.9. The maximum Gasteiger partial charge on any atom is 0.309 e. The molecule has 0 unspecified atom stereocenters. The van der Waals surface area contributed by atoms with Gasteiger partial charge in [0.05, 0.1) is 16.0 Å². The van der Waals surface area contributed by atoms with Gasteiger partial charge in [-0.05, 0) is 31.4 Å². The molecule has 1 aliphatic heterocycles. The molecular weight excluding hydrogens is 439 g/mol. The number of esters is 1. The third kappa shape index (κ3) is 6.57. The molecule has 2 rings (SSSR count). The lowest BCUT2D eigenvalue weighted by molar-refractivity contribution is -0.153. The zero-order valence-corrected chi connectivity index (χ0v) is 18.7. The molecule has 0 saturated carbocycles. The van der Waals surface area contributed by atoms with Crippen molar-refractivity contribution in [2.24, 2.45) is 5.92 Å². The summed E-state index contributed by atoms with van der Waals surface area (Å²) < 4.78 is 32.1. The van der Waals surface area contributed by atoms with Crippen LogP contribution in [0.1, 0.15) is 39.0 Å². The Balaban J connectivity index is 1.84. The standard InChI is InChI=1S/C19H26Cl2N2O5S/c1-2-3-4-10-22-17(24)13-28-19(25)14-8-11-23(12-9-14)29(26,27)18-15(20)6-5-7-16(18)21/h5-7,14H,2-4,8-13H2,1H3,(H,22,24). The van der Waals surface area contributed by atoms with Gasteiger partial charge in [0.1, 0.15) is 4.90 Å². The van der Waals surface area contributed by atoms with E-state index in [0.29, 0.717) is 19.4 Å². The molecule has 1 aromatic carbocycles. The zero-order valence-electron chi connectivity index (χ0n) is 16.3. The molecule has 0 aromatic heterocycles. The second-order valence-corrected chi connectivity index (χ2v) is 9.58. The van der Waals surface area contributed by atoms with Crippen LogP contribution in [-0.2, 0) is 24.3 Å². The van der Waals surface area contributed by atoms with Gasteiger partial charge in [-0.2, -0.15) is 4.31 Å². The summed E-state index contributed by atoms with van der Waals surface area (Å²) in [4.78, 5) is 23.8. The fourth-order valence-electron chi connectivity index (χ4n) is 3.10. The number of nitrogens with one attached hydrogen (secondary N) is 1. The number of amides is 1. The molecule has 1 saturated heterocycles. The molecule has 162 valence electrons. The predicted octanol–water partition coefficient (Wildman–Crippen LogP) is 3.24. The van der Waals surface area contributed by atoms with Gasteiger partial charge in [-0.3, -0.25) is 9.59 Å². The highest BCUT2D eigenvalue weighted by Crippen LogP contribution is 2.33. The van der Waals surface area contributed by atoms with E-state index in [1.807, 2.05) is 0 Å². The van der Waals surface area contributed by atoms with Crippen molar-refractivity contribution in [2.75, 3.05) is 26.2 Å². The summed E-state index contributed by atoms with van der Waals surface area (Å²) in [5, 5.41) is 2.82. The van der Waals surface area contributed by atoms with Crippen molar-refractivity contribution < 1.29 is 22.7 Å². The van der Waals surface area contributed by atoms with Crippen molar-refractivity contribution in [1.29, 1.82) is 0 Å². The van der Waals surface area contributed by atoms with Crippen LogP contribution in [0.25, 0.3) is 0 Å². The molecule has 10 heteroatoms. The quantitative estimate of drug-likeness (QED) is 0.447. The summed E-state index contributed by atoms with van der Waals surface area (Å²) in [5.74, 6) is -1.26. The summed E-state index contributed by atoms with van der Waals surface area (Å²) >= 11 is 12.1. The van der Waals surface area contributed by atoms with Crippen LogP contribution in [0.3, 0.4) is 0 Å². The number of nitrogens with zero attached hydrogens (tertiary/aromatic N) is 1. The number of hydrogen-bond donors (Lipinski definition) is 1. The Morgan fingerprint density at radius 3 is 2.38 bits per heavy atom. The Morgan fingerprint density at radius 2 is 1.79 bits per heavy atom. The van der Waals surface area contributed by atoms with Crippen LogP contribution in [-0.4, -0.2) is 50.8 Å². The van der Waals surface area contributed by atoms with Crippen LogP contribution in [0.2, 0.25) is 10.0 Å². The van der Waals surface area contributed by atoms with Crippen molar-refractivity contribution in [3.8, 4) is 0 Å². The first-order valence-electron chi connectivity index (χ1n) is 9.64. The summed E-state index contributed by atoms with van der Waals surface area (Å²) in [6.07, 6.45) is 3.58. The first-order valence-corrected chi connectivity index (χ1v) is 11.8. The Hall–Kier alpha value is -1.35. The monoisotopic (exact) mass is 464 g/mol. The molecule has 0 spiro atoms. The predicted molar refractivity (Wildman–Crippen MR) is 111 cm³/mol. The molecule has 7 nitrogen and oxygen atoms in total. The third-order valence-corrected chi connectivity index (χ3v) is 7.61. The second-order valence-electron chi connectivity index (χ2n) is 6.89. The highest BCUT2D eigenvalue weighted by atomic mass is 35.5. The van der Waals surface area contributed by atoms with Crippen molar-refractivity contribution in [2.45, 2.75) is 43.9 Å². The van der Waals surface area contributed by atoms with Crippen LogP contribution < -0.4 is 5.32 Å². The van der Waals surface area contributed by atoms with E-state index in [4.69, 9.17) is 27.9 Å². The minimum atomic E-state index is -3.86. The van der Waals surface area contributed by atoms with E-state index in [9.17, 15) is 18.0 Å². The van der Waals surface area contributed by atoms with E-state index >= 15 is 0 Å². The second kappa shape index (κ2) is 11.2. The molecule has 1 amide bonds. The third-order valence-electron chi connectivity index (χ3n) is 4.75. The maximum absolute atomic E-state index is 12.9. The van der Waals surface area contributed by atoms with Crippen molar-refractivity contribution in [3.05, 3.63) is 28.2 Å². The fraction of sp³-hybridized carbons (Fsp3) is 0.579. The molecule has 0 radical (unpaired) electrons. The number of benzene rings is 1. The maximum atomic E-state index is 12.9. The topological polar surface area (TPSA) is 92.8 Å². The highest BCUT2D eigenvalue weighted by molar-refractivity contribution is 7.89. The van der Waals surface area contributed by atoms with Crippen molar-refractivity contribution in [1.82, 2.24) is 9.62 Å². The smallest absolute Gasteiger partial charge is 0.309 e.